The van der Waals surface area contributed by atoms with E-state index in [9.17, 15) is 4.39 Å². The number of hydrogen-bond acceptors (Lipinski definition) is 5. The van der Waals surface area contributed by atoms with Gasteiger partial charge in [0.05, 0.1) is 5.54 Å². The number of hydrogen-bond donors (Lipinski definition) is 1. The SMILES string of the molecule is CC(Oc1ccc(F)cc1)c1nc(C2(N)CCCC2)no1. The molecule has 2 N–H and O–H groups in total. The number of nitrogens with two attached hydrogens (primary N) is 1. The molecule has 1 unspecified atom stereocenters. The van der Waals surface area contributed by atoms with Crippen molar-refractivity contribution < 1.29 is 13.7 Å². The molecule has 112 valence electrons. The number of halogens is 1. The maximum atomic E-state index is 12.9. The lowest BCUT2D eigenvalue weighted by Crippen LogP contribution is -2.34. The van der Waals surface area contributed by atoms with Crippen LogP contribution in [0.25, 0.3) is 0 Å². The fourth-order valence-electron chi connectivity index (χ4n) is 2.60. The van der Waals surface area contributed by atoms with E-state index in [1.807, 2.05) is 0 Å². The predicted molar refractivity (Wildman–Crippen MR) is 74.1 cm³/mol. The topological polar surface area (TPSA) is 74.2 Å². The van der Waals surface area contributed by atoms with E-state index in [1.54, 1.807) is 19.1 Å². The average Bonchev–Trinajstić information content (AvgIpc) is 3.11. The average molecular weight is 291 g/mol. The molecule has 1 saturated carbocycles. The van der Waals surface area contributed by atoms with Gasteiger partial charge < -0.3 is 15.0 Å². The predicted octanol–water partition coefficient (Wildman–Crippen LogP) is 3.08. The van der Waals surface area contributed by atoms with Crippen LogP contribution in [-0.2, 0) is 5.54 Å². The smallest absolute Gasteiger partial charge is 0.267 e. The van der Waals surface area contributed by atoms with E-state index < -0.39 is 11.6 Å². The summed E-state index contributed by atoms with van der Waals surface area (Å²) in [5.41, 5.74) is 5.82. The second-order valence-corrected chi connectivity index (χ2v) is 5.53. The molecule has 6 heteroatoms. The Morgan fingerprint density at radius 1 is 1.29 bits per heavy atom. The minimum Gasteiger partial charge on any atom is -0.481 e. The van der Waals surface area contributed by atoms with Crippen LogP contribution in [0.1, 0.15) is 50.4 Å². The third-order valence-electron chi connectivity index (χ3n) is 3.86. The number of nitrogens with zero attached hydrogens (tertiary/aromatic N) is 2. The van der Waals surface area contributed by atoms with Gasteiger partial charge in [0.25, 0.3) is 5.89 Å². The van der Waals surface area contributed by atoms with Gasteiger partial charge in [-0.15, -0.1) is 0 Å². The molecule has 0 aliphatic heterocycles. The van der Waals surface area contributed by atoms with Crippen LogP contribution in [0.2, 0.25) is 0 Å². The number of rotatable bonds is 4. The monoisotopic (exact) mass is 291 g/mol. The fraction of sp³-hybridized carbons (Fsp3) is 0.467. The van der Waals surface area contributed by atoms with Gasteiger partial charge in [-0.3, -0.25) is 0 Å². The molecule has 0 bridgehead atoms. The molecule has 2 aromatic rings. The van der Waals surface area contributed by atoms with Crippen molar-refractivity contribution in [1.82, 2.24) is 10.1 Å². The minimum absolute atomic E-state index is 0.304. The van der Waals surface area contributed by atoms with Crippen LogP contribution in [0.5, 0.6) is 5.75 Å². The van der Waals surface area contributed by atoms with Gasteiger partial charge in [0.2, 0.25) is 0 Å². The van der Waals surface area contributed by atoms with E-state index in [0.29, 0.717) is 17.5 Å². The maximum Gasteiger partial charge on any atom is 0.267 e. The first-order chi connectivity index (χ1) is 10.1. The molecule has 5 nitrogen and oxygen atoms in total. The highest BCUT2D eigenvalue weighted by Gasteiger charge is 2.36. The van der Waals surface area contributed by atoms with Crippen LogP contribution >= 0.6 is 0 Å². The molecular formula is C15H18FN3O2. The maximum absolute atomic E-state index is 12.9. The van der Waals surface area contributed by atoms with Crippen molar-refractivity contribution in [2.75, 3.05) is 0 Å². The van der Waals surface area contributed by atoms with Crippen LogP contribution in [-0.4, -0.2) is 10.1 Å². The van der Waals surface area contributed by atoms with Crippen LogP contribution in [0.4, 0.5) is 4.39 Å². The Balaban J connectivity index is 1.72. The first kappa shape index (κ1) is 14.0. The van der Waals surface area contributed by atoms with E-state index >= 15 is 0 Å². The summed E-state index contributed by atoms with van der Waals surface area (Å²) in [6.07, 6.45) is 3.50. The summed E-state index contributed by atoms with van der Waals surface area (Å²) in [7, 11) is 0. The van der Waals surface area contributed by atoms with Crippen molar-refractivity contribution in [3.05, 3.63) is 41.8 Å². The highest BCUT2D eigenvalue weighted by molar-refractivity contribution is 5.22. The van der Waals surface area contributed by atoms with Crippen molar-refractivity contribution in [2.45, 2.75) is 44.2 Å². The van der Waals surface area contributed by atoms with E-state index in [0.717, 1.165) is 25.7 Å². The number of ether oxygens (including phenoxy) is 1. The molecule has 0 spiro atoms. The first-order valence-electron chi connectivity index (χ1n) is 7.12. The molecule has 1 aliphatic carbocycles. The van der Waals surface area contributed by atoms with Gasteiger partial charge in [-0.1, -0.05) is 18.0 Å². The van der Waals surface area contributed by atoms with E-state index in [4.69, 9.17) is 15.0 Å². The molecule has 1 aromatic carbocycles. The summed E-state index contributed by atoms with van der Waals surface area (Å²) in [6, 6.07) is 5.80. The summed E-state index contributed by atoms with van der Waals surface area (Å²) in [4.78, 5) is 4.38. The first-order valence-corrected chi connectivity index (χ1v) is 7.12. The van der Waals surface area contributed by atoms with Gasteiger partial charge in [-0.25, -0.2) is 4.39 Å². The fourth-order valence-corrected chi connectivity index (χ4v) is 2.60. The summed E-state index contributed by atoms with van der Waals surface area (Å²) in [5, 5.41) is 4.00. The third kappa shape index (κ3) is 2.90. The van der Waals surface area contributed by atoms with Crippen molar-refractivity contribution in [1.29, 1.82) is 0 Å². The van der Waals surface area contributed by atoms with E-state index in [-0.39, 0.29) is 5.82 Å². The van der Waals surface area contributed by atoms with Crippen molar-refractivity contribution in [2.24, 2.45) is 5.73 Å². The van der Waals surface area contributed by atoms with Crippen molar-refractivity contribution in [3.8, 4) is 5.75 Å². The summed E-state index contributed by atoms with van der Waals surface area (Å²) in [6.45, 7) is 1.80. The number of benzene rings is 1. The van der Waals surface area contributed by atoms with Crippen molar-refractivity contribution >= 4 is 0 Å². The molecule has 1 aliphatic rings. The highest BCUT2D eigenvalue weighted by Crippen LogP contribution is 2.35. The minimum atomic E-state index is -0.475. The lowest BCUT2D eigenvalue weighted by molar-refractivity contribution is 0.175. The van der Waals surface area contributed by atoms with Gasteiger partial charge in [-0.2, -0.15) is 4.98 Å². The Labute approximate surface area is 122 Å². The van der Waals surface area contributed by atoms with Gasteiger partial charge in [0.15, 0.2) is 11.9 Å². The molecule has 21 heavy (non-hydrogen) atoms. The van der Waals surface area contributed by atoms with Crippen molar-refractivity contribution in [3.63, 3.8) is 0 Å². The molecular weight excluding hydrogens is 273 g/mol. The summed E-state index contributed by atoms with van der Waals surface area (Å²) in [5.74, 6) is 1.17. The normalized spacial score (nSPS) is 18.6. The van der Waals surface area contributed by atoms with Crippen LogP contribution < -0.4 is 10.5 Å². The molecule has 0 saturated heterocycles. The zero-order valence-electron chi connectivity index (χ0n) is 11.9. The second-order valence-electron chi connectivity index (χ2n) is 5.53. The van der Waals surface area contributed by atoms with Crippen LogP contribution in [0.3, 0.4) is 0 Å². The third-order valence-corrected chi connectivity index (χ3v) is 3.86. The number of aromatic nitrogens is 2. The Hall–Kier alpha value is -1.95. The zero-order valence-corrected chi connectivity index (χ0v) is 11.9. The molecule has 1 fully saturated rings. The van der Waals surface area contributed by atoms with E-state index in [1.165, 1.54) is 12.1 Å². The van der Waals surface area contributed by atoms with Crippen LogP contribution in [0, 0.1) is 5.82 Å². The Morgan fingerprint density at radius 3 is 2.62 bits per heavy atom. The summed E-state index contributed by atoms with van der Waals surface area (Å²) < 4.78 is 23.8. The molecule has 1 atom stereocenters. The summed E-state index contributed by atoms with van der Waals surface area (Å²) >= 11 is 0. The van der Waals surface area contributed by atoms with E-state index in [2.05, 4.69) is 10.1 Å². The molecule has 3 rings (SSSR count). The lowest BCUT2D eigenvalue weighted by atomic mass is 9.99. The highest BCUT2D eigenvalue weighted by atomic mass is 19.1. The van der Waals surface area contributed by atoms with Crippen LogP contribution in [0.15, 0.2) is 28.8 Å². The quantitative estimate of drug-likeness (QED) is 0.937. The Kier molecular flexibility index (Phi) is 3.63. The Morgan fingerprint density at radius 2 is 1.95 bits per heavy atom. The van der Waals surface area contributed by atoms with Gasteiger partial charge in [-0.05, 0) is 44.0 Å². The largest absolute Gasteiger partial charge is 0.481 e. The molecule has 0 radical (unpaired) electrons. The second kappa shape index (κ2) is 5.44. The Bertz CT molecular complexity index is 606. The zero-order chi connectivity index (χ0) is 14.9. The van der Waals surface area contributed by atoms with Gasteiger partial charge >= 0.3 is 0 Å². The molecule has 0 amide bonds. The van der Waals surface area contributed by atoms with Gasteiger partial charge in [0, 0.05) is 0 Å². The molecule has 1 heterocycles. The van der Waals surface area contributed by atoms with Gasteiger partial charge in [0.1, 0.15) is 11.6 Å². The standard InChI is InChI=1S/C15H18FN3O2/c1-10(20-12-6-4-11(16)5-7-12)13-18-14(19-21-13)15(17)8-2-3-9-15/h4-7,10H,2-3,8-9,17H2,1H3. The lowest BCUT2D eigenvalue weighted by Gasteiger charge is -2.17. The molecule has 1 aromatic heterocycles.